The largest absolute Gasteiger partial charge is 0.416 e. The van der Waals surface area contributed by atoms with Crippen LogP contribution in [0.25, 0.3) is 0 Å². The molecule has 1 atom stereocenters. The van der Waals surface area contributed by atoms with Gasteiger partial charge in [-0.3, -0.25) is 0 Å². The molecule has 0 aromatic heterocycles. The predicted octanol–water partition coefficient (Wildman–Crippen LogP) is 4.14. The summed E-state index contributed by atoms with van der Waals surface area (Å²) < 4.78 is 39.6. The smallest absolute Gasteiger partial charge is 0.370 e. The molecule has 0 saturated carbocycles. The fraction of sp³-hybridized carbons (Fsp3) is 0.647. The topological polar surface area (TPSA) is 6.48 Å². The van der Waals surface area contributed by atoms with Gasteiger partial charge in [0, 0.05) is 24.8 Å². The summed E-state index contributed by atoms with van der Waals surface area (Å²) in [5.74, 6) is 0. The molecule has 1 heterocycles. The summed E-state index contributed by atoms with van der Waals surface area (Å²) in [6.45, 7) is 7.41. The first kappa shape index (κ1) is 17.1. The monoisotopic (exact) mass is 314 g/mol. The van der Waals surface area contributed by atoms with Gasteiger partial charge in [0.05, 0.1) is 5.56 Å². The van der Waals surface area contributed by atoms with Crippen LogP contribution in [0.15, 0.2) is 18.2 Å². The van der Waals surface area contributed by atoms with Crippen molar-refractivity contribution in [1.29, 1.82) is 0 Å². The van der Waals surface area contributed by atoms with E-state index in [0.717, 1.165) is 25.1 Å². The minimum Gasteiger partial charge on any atom is -0.370 e. The highest BCUT2D eigenvalue weighted by atomic mass is 19.4. The van der Waals surface area contributed by atoms with Crippen LogP contribution in [0.1, 0.15) is 38.3 Å². The average Bonchev–Trinajstić information content (AvgIpc) is 2.85. The molecule has 0 amide bonds. The van der Waals surface area contributed by atoms with E-state index in [2.05, 4.69) is 9.80 Å². The maximum atomic E-state index is 13.2. The van der Waals surface area contributed by atoms with Crippen LogP contribution in [0, 0.1) is 0 Å². The summed E-state index contributed by atoms with van der Waals surface area (Å²) >= 11 is 0. The number of halogens is 3. The molecule has 0 N–H and O–H groups in total. The fourth-order valence-electron chi connectivity index (χ4n) is 2.79. The molecule has 22 heavy (non-hydrogen) atoms. The first-order valence-corrected chi connectivity index (χ1v) is 7.62. The van der Waals surface area contributed by atoms with Crippen LogP contribution in [0.2, 0.25) is 0 Å². The van der Waals surface area contributed by atoms with Gasteiger partial charge in [0.2, 0.25) is 0 Å². The zero-order valence-electron chi connectivity index (χ0n) is 14.0. The first-order valence-electron chi connectivity index (χ1n) is 7.62. The van der Waals surface area contributed by atoms with Gasteiger partial charge in [0.25, 0.3) is 0 Å². The van der Waals surface area contributed by atoms with Gasteiger partial charge >= 0.3 is 6.18 Å². The molecular weight excluding hydrogens is 289 g/mol. The highest BCUT2D eigenvalue weighted by Crippen LogP contribution is 2.37. The molecule has 124 valence electrons. The van der Waals surface area contributed by atoms with Gasteiger partial charge in [-0.1, -0.05) is 20.8 Å². The number of likely N-dealkylation sites (N-methyl/N-ethyl adjacent to an activating group) is 1. The van der Waals surface area contributed by atoms with Gasteiger partial charge < -0.3 is 9.80 Å². The second kappa shape index (κ2) is 5.76. The summed E-state index contributed by atoms with van der Waals surface area (Å²) in [6.07, 6.45) is -3.33. The van der Waals surface area contributed by atoms with Crippen molar-refractivity contribution >= 4 is 5.69 Å². The minimum absolute atomic E-state index is 0.309. The number of alkyl halides is 3. The van der Waals surface area contributed by atoms with E-state index in [-0.39, 0.29) is 5.41 Å². The van der Waals surface area contributed by atoms with Crippen molar-refractivity contribution in [3.63, 3.8) is 0 Å². The van der Waals surface area contributed by atoms with Crippen molar-refractivity contribution in [3.05, 3.63) is 29.3 Å². The van der Waals surface area contributed by atoms with Gasteiger partial charge in [-0.25, -0.2) is 0 Å². The Morgan fingerprint density at radius 1 is 1.05 bits per heavy atom. The summed E-state index contributed by atoms with van der Waals surface area (Å²) in [5.41, 5.74) is 0.550. The van der Waals surface area contributed by atoms with Gasteiger partial charge in [0.1, 0.15) is 0 Å². The highest BCUT2D eigenvalue weighted by Gasteiger charge is 2.34. The van der Waals surface area contributed by atoms with Crippen LogP contribution < -0.4 is 4.90 Å². The Hall–Kier alpha value is -1.23. The van der Waals surface area contributed by atoms with Crippen LogP contribution in [0.4, 0.5) is 18.9 Å². The van der Waals surface area contributed by atoms with Crippen molar-refractivity contribution in [1.82, 2.24) is 4.90 Å². The molecule has 1 aliphatic heterocycles. The first-order chi connectivity index (χ1) is 9.98. The van der Waals surface area contributed by atoms with Crippen LogP contribution in [0.5, 0.6) is 0 Å². The van der Waals surface area contributed by atoms with Crippen molar-refractivity contribution < 1.29 is 13.2 Å². The Morgan fingerprint density at radius 2 is 1.64 bits per heavy atom. The molecule has 0 bridgehead atoms. The summed E-state index contributed by atoms with van der Waals surface area (Å²) in [7, 11) is 4.03. The van der Waals surface area contributed by atoms with Crippen molar-refractivity contribution in [2.45, 2.75) is 44.8 Å². The molecule has 2 nitrogen and oxygen atoms in total. The lowest BCUT2D eigenvalue weighted by Crippen LogP contribution is -2.31. The maximum Gasteiger partial charge on any atom is 0.416 e. The van der Waals surface area contributed by atoms with E-state index in [4.69, 9.17) is 0 Å². The van der Waals surface area contributed by atoms with Crippen molar-refractivity contribution in [2.24, 2.45) is 0 Å². The lowest BCUT2D eigenvalue weighted by Gasteiger charge is -2.26. The predicted molar refractivity (Wildman–Crippen MR) is 84.4 cm³/mol. The van der Waals surface area contributed by atoms with Gasteiger partial charge in [-0.2, -0.15) is 13.2 Å². The van der Waals surface area contributed by atoms with Gasteiger partial charge in [-0.15, -0.1) is 0 Å². The molecule has 1 aromatic carbocycles. The second-order valence-electron chi connectivity index (χ2n) is 7.37. The summed E-state index contributed by atoms with van der Waals surface area (Å²) in [4.78, 5) is 4.20. The lowest BCUT2D eigenvalue weighted by molar-refractivity contribution is -0.137. The Balaban J connectivity index is 2.39. The fourth-order valence-corrected chi connectivity index (χ4v) is 2.79. The zero-order chi connectivity index (χ0) is 16.7. The quantitative estimate of drug-likeness (QED) is 0.809. The van der Waals surface area contributed by atoms with E-state index in [1.54, 1.807) is 0 Å². The third kappa shape index (κ3) is 3.75. The molecule has 1 aliphatic rings. The Kier molecular flexibility index (Phi) is 4.49. The summed E-state index contributed by atoms with van der Waals surface area (Å²) in [5, 5.41) is 0. The number of nitrogens with zero attached hydrogens (tertiary/aromatic N) is 2. The zero-order valence-corrected chi connectivity index (χ0v) is 14.0. The highest BCUT2D eigenvalue weighted by molar-refractivity contribution is 5.54. The number of hydrogen-bond donors (Lipinski definition) is 0. The number of benzene rings is 1. The molecule has 1 fully saturated rings. The Morgan fingerprint density at radius 3 is 2.09 bits per heavy atom. The Labute approximate surface area is 130 Å². The van der Waals surface area contributed by atoms with Crippen molar-refractivity contribution in [3.8, 4) is 0 Å². The van der Waals surface area contributed by atoms with Gasteiger partial charge in [-0.05, 0) is 49.7 Å². The molecule has 0 radical (unpaired) electrons. The van der Waals surface area contributed by atoms with E-state index in [1.165, 1.54) is 12.1 Å². The third-order valence-corrected chi connectivity index (χ3v) is 4.37. The second-order valence-corrected chi connectivity index (χ2v) is 7.37. The Bertz CT molecular complexity index is 497. The molecule has 1 unspecified atom stereocenters. The van der Waals surface area contributed by atoms with E-state index < -0.39 is 11.7 Å². The number of rotatable bonds is 2. The van der Waals surface area contributed by atoms with E-state index in [0.29, 0.717) is 11.7 Å². The molecule has 0 aliphatic carbocycles. The summed E-state index contributed by atoms with van der Waals surface area (Å²) in [6, 6.07) is 4.87. The van der Waals surface area contributed by atoms with Crippen LogP contribution >= 0.6 is 0 Å². The third-order valence-electron chi connectivity index (χ3n) is 4.37. The number of anilines is 1. The molecule has 5 heteroatoms. The molecule has 1 aromatic rings. The normalized spacial score (nSPS) is 20.0. The molecule has 2 rings (SSSR count). The molecule has 0 spiro atoms. The van der Waals surface area contributed by atoms with E-state index in [9.17, 15) is 13.2 Å². The molecular formula is C17H25F3N2. The lowest BCUT2D eigenvalue weighted by atomic mass is 9.85. The SMILES string of the molecule is CN(C)C1CCN(c2cc(C(C)(C)C)cc(C(F)(F)F)c2)C1. The molecule has 1 saturated heterocycles. The van der Waals surface area contributed by atoms with Crippen LogP contribution in [-0.2, 0) is 11.6 Å². The number of hydrogen-bond acceptors (Lipinski definition) is 2. The van der Waals surface area contributed by atoms with Gasteiger partial charge in [0.15, 0.2) is 0 Å². The average molecular weight is 314 g/mol. The maximum absolute atomic E-state index is 13.2. The standard InChI is InChI=1S/C17H25F3N2/c1-16(2,3)12-8-13(17(18,19)20)10-15(9-12)22-7-6-14(11-22)21(4)5/h8-10,14H,6-7,11H2,1-5H3. The van der Waals surface area contributed by atoms with E-state index >= 15 is 0 Å². The van der Waals surface area contributed by atoms with Crippen LogP contribution in [0.3, 0.4) is 0 Å². The van der Waals surface area contributed by atoms with Crippen LogP contribution in [-0.4, -0.2) is 38.1 Å². The van der Waals surface area contributed by atoms with E-state index in [1.807, 2.05) is 40.9 Å². The van der Waals surface area contributed by atoms with Crippen molar-refractivity contribution in [2.75, 3.05) is 32.1 Å². The minimum atomic E-state index is -4.31.